The molecule has 0 saturated carbocycles. The van der Waals surface area contributed by atoms with E-state index in [2.05, 4.69) is 6.07 Å². The van der Waals surface area contributed by atoms with E-state index >= 15 is 0 Å². The lowest BCUT2D eigenvalue weighted by Crippen LogP contribution is -1.97. The third-order valence-electron chi connectivity index (χ3n) is 2.63. The van der Waals surface area contributed by atoms with E-state index in [1.165, 1.54) is 11.8 Å². The van der Waals surface area contributed by atoms with E-state index in [1.807, 2.05) is 48.7 Å². The summed E-state index contributed by atoms with van der Waals surface area (Å²) in [4.78, 5) is 0.927. The molecular formula is C15H12ClNOS. The van der Waals surface area contributed by atoms with Crippen molar-refractivity contribution >= 4 is 23.4 Å². The summed E-state index contributed by atoms with van der Waals surface area (Å²) >= 11 is 7.37. The van der Waals surface area contributed by atoms with Crippen LogP contribution in [0, 0.1) is 11.3 Å². The van der Waals surface area contributed by atoms with Crippen molar-refractivity contribution in [3.05, 3.63) is 58.6 Å². The average Bonchev–Trinajstić information content (AvgIpc) is 2.46. The van der Waals surface area contributed by atoms with Crippen LogP contribution in [0.3, 0.4) is 0 Å². The summed E-state index contributed by atoms with van der Waals surface area (Å²) in [5.74, 6) is 0.615. The molecule has 2 rings (SSSR count). The highest BCUT2D eigenvalue weighted by Gasteiger charge is 2.08. The van der Waals surface area contributed by atoms with E-state index in [-0.39, 0.29) is 0 Å². The fraction of sp³-hybridized carbons (Fsp3) is 0.133. The van der Waals surface area contributed by atoms with E-state index in [1.54, 1.807) is 0 Å². The van der Waals surface area contributed by atoms with Gasteiger partial charge < -0.3 is 4.74 Å². The Morgan fingerprint density at radius 2 is 1.95 bits per heavy atom. The molecular weight excluding hydrogens is 278 g/mol. The Kier molecular flexibility index (Phi) is 4.73. The van der Waals surface area contributed by atoms with Crippen LogP contribution < -0.4 is 4.74 Å². The lowest BCUT2D eigenvalue weighted by molar-refractivity contribution is 0.304. The van der Waals surface area contributed by atoms with Crippen molar-refractivity contribution < 1.29 is 4.74 Å². The number of nitrogens with zero attached hydrogens (tertiary/aromatic N) is 1. The molecule has 0 bridgehead atoms. The maximum Gasteiger partial charge on any atom is 0.138 e. The summed E-state index contributed by atoms with van der Waals surface area (Å²) < 4.78 is 5.72. The van der Waals surface area contributed by atoms with Crippen molar-refractivity contribution in [1.29, 1.82) is 5.26 Å². The third-order valence-corrected chi connectivity index (χ3v) is 3.66. The molecule has 0 spiro atoms. The van der Waals surface area contributed by atoms with Gasteiger partial charge in [0.25, 0.3) is 0 Å². The van der Waals surface area contributed by atoms with E-state index < -0.39 is 0 Å². The van der Waals surface area contributed by atoms with Crippen LogP contribution in [0.4, 0.5) is 0 Å². The summed E-state index contributed by atoms with van der Waals surface area (Å²) in [6, 6.07) is 15.3. The zero-order valence-electron chi connectivity index (χ0n) is 10.4. The normalized spacial score (nSPS) is 9.95. The summed E-state index contributed by atoms with van der Waals surface area (Å²) in [7, 11) is 0. The average molecular weight is 290 g/mol. The monoisotopic (exact) mass is 289 g/mol. The van der Waals surface area contributed by atoms with Gasteiger partial charge in [-0.1, -0.05) is 29.8 Å². The predicted octanol–water partition coefficient (Wildman–Crippen LogP) is 4.51. The number of nitriles is 1. The van der Waals surface area contributed by atoms with Gasteiger partial charge in [0, 0.05) is 9.92 Å². The van der Waals surface area contributed by atoms with Crippen LogP contribution in [-0.4, -0.2) is 6.26 Å². The van der Waals surface area contributed by atoms with Gasteiger partial charge in [-0.15, -0.1) is 11.8 Å². The van der Waals surface area contributed by atoms with Gasteiger partial charge >= 0.3 is 0 Å². The third kappa shape index (κ3) is 3.44. The summed E-state index contributed by atoms with van der Waals surface area (Å²) in [6.07, 6.45) is 1.94. The molecule has 0 saturated heterocycles. The zero-order valence-corrected chi connectivity index (χ0v) is 12.0. The fourth-order valence-corrected chi connectivity index (χ4v) is 2.34. The van der Waals surface area contributed by atoms with Crippen molar-refractivity contribution in [2.24, 2.45) is 0 Å². The van der Waals surface area contributed by atoms with Crippen molar-refractivity contribution in [3.8, 4) is 11.8 Å². The molecule has 0 unspecified atom stereocenters. The molecule has 0 amide bonds. The quantitative estimate of drug-likeness (QED) is 0.776. The molecule has 96 valence electrons. The Bertz CT molecular complexity index is 605. The number of hydrogen-bond donors (Lipinski definition) is 0. The number of halogens is 1. The first-order chi connectivity index (χ1) is 9.24. The van der Waals surface area contributed by atoms with Gasteiger partial charge in [-0.05, 0) is 36.1 Å². The van der Waals surface area contributed by atoms with E-state index in [0.29, 0.717) is 22.9 Å². The lowest BCUT2D eigenvalue weighted by Gasteiger charge is -2.10. The Morgan fingerprint density at radius 1 is 1.21 bits per heavy atom. The molecule has 2 nitrogen and oxygen atoms in total. The van der Waals surface area contributed by atoms with Crippen LogP contribution in [-0.2, 0) is 6.61 Å². The summed E-state index contributed by atoms with van der Waals surface area (Å²) in [6.45, 7) is 0.420. The molecule has 2 aromatic carbocycles. The predicted molar refractivity (Wildman–Crippen MR) is 78.7 cm³/mol. The van der Waals surface area contributed by atoms with E-state index in [9.17, 15) is 5.26 Å². The van der Waals surface area contributed by atoms with Crippen LogP contribution in [0.1, 0.15) is 11.1 Å². The Labute approximate surface area is 122 Å². The van der Waals surface area contributed by atoms with Crippen molar-refractivity contribution in [3.63, 3.8) is 0 Å². The Hall–Kier alpha value is -1.63. The smallest absolute Gasteiger partial charge is 0.138 e. The fourth-order valence-electron chi connectivity index (χ4n) is 1.65. The van der Waals surface area contributed by atoms with Crippen LogP contribution >= 0.6 is 23.4 Å². The molecule has 0 aromatic heterocycles. The molecule has 0 fully saturated rings. The summed E-state index contributed by atoms with van der Waals surface area (Å²) in [5, 5.41) is 9.90. The largest absolute Gasteiger partial charge is 0.487 e. The van der Waals surface area contributed by atoms with Crippen LogP contribution in [0.15, 0.2) is 47.4 Å². The summed E-state index contributed by atoms with van der Waals surface area (Å²) in [5.41, 5.74) is 1.60. The minimum Gasteiger partial charge on any atom is -0.487 e. The van der Waals surface area contributed by atoms with Gasteiger partial charge in [-0.2, -0.15) is 5.26 Å². The molecule has 0 aliphatic rings. The van der Waals surface area contributed by atoms with Crippen LogP contribution in [0.5, 0.6) is 5.75 Å². The van der Waals surface area contributed by atoms with Crippen LogP contribution in [0.2, 0.25) is 5.02 Å². The number of thioether (sulfide) groups is 1. The number of benzene rings is 2. The Morgan fingerprint density at radius 3 is 2.58 bits per heavy atom. The van der Waals surface area contributed by atoms with Gasteiger partial charge in [0.2, 0.25) is 0 Å². The zero-order chi connectivity index (χ0) is 13.7. The highest BCUT2D eigenvalue weighted by molar-refractivity contribution is 7.98. The van der Waals surface area contributed by atoms with E-state index in [0.717, 1.165) is 10.5 Å². The molecule has 0 radical (unpaired) electrons. The van der Waals surface area contributed by atoms with Crippen LogP contribution in [0.25, 0.3) is 0 Å². The maximum atomic E-state index is 9.20. The molecule has 0 aliphatic carbocycles. The van der Waals surface area contributed by atoms with E-state index in [4.69, 9.17) is 16.3 Å². The molecule has 0 aliphatic heterocycles. The molecule has 2 aromatic rings. The second-order valence-corrected chi connectivity index (χ2v) is 5.14. The topological polar surface area (TPSA) is 33.0 Å². The van der Waals surface area contributed by atoms with Gasteiger partial charge in [0.1, 0.15) is 24.0 Å². The van der Waals surface area contributed by atoms with Crippen molar-refractivity contribution in [1.82, 2.24) is 0 Å². The second-order valence-electron chi connectivity index (χ2n) is 3.86. The Balaban J connectivity index is 2.16. The molecule has 0 heterocycles. The minimum atomic E-state index is 0.420. The standard InChI is InChI=1S/C15H12ClNOS/c1-19-15-4-2-3-14(13(15)9-17)18-10-11-5-7-12(16)8-6-11/h2-8H,10H2,1H3. The highest BCUT2D eigenvalue weighted by atomic mass is 35.5. The van der Waals surface area contributed by atoms with Gasteiger partial charge in [0.05, 0.1) is 0 Å². The second kappa shape index (κ2) is 6.51. The number of rotatable bonds is 4. The highest BCUT2D eigenvalue weighted by Crippen LogP contribution is 2.28. The first-order valence-electron chi connectivity index (χ1n) is 5.69. The number of ether oxygens (including phenoxy) is 1. The molecule has 0 N–H and O–H groups in total. The first kappa shape index (κ1) is 13.8. The minimum absolute atomic E-state index is 0.420. The SMILES string of the molecule is CSc1cccc(OCc2ccc(Cl)cc2)c1C#N. The van der Waals surface area contributed by atoms with Gasteiger partial charge in [0.15, 0.2) is 0 Å². The maximum absolute atomic E-state index is 9.20. The van der Waals surface area contributed by atoms with Gasteiger partial charge in [-0.25, -0.2) is 0 Å². The first-order valence-corrected chi connectivity index (χ1v) is 7.29. The van der Waals surface area contributed by atoms with Crippen molar-refractivity contribution in [2.45, 2.75) is 11.5 Å². The lowest BCUT2D eigenvalue weighted by atomic mass is 10.2. The molecule has 4 heteroatoms. The molecule has 0 atom stereocenters. The van der Waals surface area contributed by atoms with Gasteiger partial charge in [-0.3, -0.25) is 0 Å². The number of hydrogen-bond acceptors (Lipinski definition) is 3. The molecule has 19 heavy (non-hydrogen) atoms. The van der Waals surface area contributed by atoms with Crippen molar-refractivity contribution in [2.75, 3.05) is 6.26 Å².